The second-order valence-electron chi connectivity index (χ2n) is 7.51. The average molecular weight is 443 g/mol. The minimum absolute atomic E-state index is 0.00186. The fourth-order valence-corrected chi connectivity index (χ4v) is 5.59. The van der Waals surface area contributed by atoms with Crippen molar-refractivity contribution < 1.29 is 18.6 Å². The van der Waals surface area contributed by atoms with Crippen molar-refractivity contribution >= 4 is 44.3 Å². The van der Waals surface area contributed by atoms with Crippen molar-refractivity contribution in [1.29, 1.82) is 0 Å². The number of aromatic hydroxyl groups is 2. The van der Waals surface area contributed by atoms with Crippen LogP contribution >= 0.6 is 11.3 Å². The molecule has 0 aliphatic heterocycles. The molecule has 0 fully saturated rings. The summed E-state index contributed by atoms with van der Waals surface area (Å²) in [6.45, 7) is 4.91. The lowest BCUT2D eigenvalue weighted by molar-refractivity contribution is 0.474. The molecule has 3 rings (SSSR count). The van der Waals surface area contributed by atoms with E-state index in [-0.39, 0.29) is 15.7 Å². The molecule has 0 unspecified atom stereocenters. The van der Waals surface area contributed by atoms with Crippen LogP contribution in [-0.4, -0.2) is 35.8 Å². The second-order valence-corrected chi connectivity index (χ2v) is 11.4. The Kier molecular flexibility index (Phi) is 6.09. The smallest absolute Gasteiger partial charge is 0.193 e. The Morgan fingerprint density at radius 3 is 2.10 bits per heavy atom. The predicted octanol–water partition coefficient (Wildman–Crippen LogP) is 5.23. The third-order valence-corrected chi connectivity index (χ3v) is 8.35. The SMILES string of the molecule is CC(C)(C)S(=O)(=O)c1sc(/N=C/c2ccccc2O)cc1C=Nc1ccccc1O. The third kappa shape index (κ3) is 4.60. The monoisotopic (exact) mass is 442 g/mol. The number of para-hydroxylation sites is 3. The zero-order valence-electron chi connectivity index (χ0n) is 16.8. The number of thiophene rings is 1. The van der Waals surface area contributed by atoms with Gasteiger partial charge in [0.15, 0.2) is 9.84 Å². The van der Waals surface area contributed by atoms with Gasteiger partial charge >= 0.3 is 0 Å². The van der Waals surface area contributed by atoms with E-state index in [1.807, 2.05) is 0 Å². The van der Waals surface area contributed by atoms with Crippen LogP contribution < -0.4 is 0 Å². The van der Waals surface area contributed by atoms with Gasteiger partial charge in [0.05, 0.1) is 4.75 Å². The molecule has 0 radical (unpaired) electrons. The molecule has 156 valence electrons. The number of benzene rings is 2. The first kappa shape index (κ1) is 21.7. The van der Waals surface area contributed by atoms with Gasteiger partial charge in [-0.05, 0) is 51.1 Å². The lowest BCUT2D eigenvalue weighted by Crippen LogP contribution is -2.27. The maximum absolute atomic E-state index is 13.1. The molecule has 0 aliphatic carbocycles. The standard InChI is InChI=1S/C22H22N2O4S2/c1-22(2,3)30(27,28)21-16(14-23-17-9-5-7-11-19(17)26)12-20(29-21)24-13-15-8-4-6-10-18(15)25/h4-14,25-26H,1-3H3/b23-14?,24-13+. The van der Waals surface area contributed by atoms with Crippen LogP contribution in [0.3, 0.4) is 0 Å². The Morgan fingerprint density at radius 2 is 1.47 bits per heavy atom. The van der Waals surface area contributed by atoms with E-state index in [0.29, 0.717) is 21.8 Å². The van der Waals surface area contributed by atoms with Crippen LogP contribution in [0.25, 0.3) is 0 Å². The van der Waals surface area contributed by atoms with Crippen LogP contribution in [0.4, 0.5) is 10.7 Å². The van der Waals surface area contributed by atoms with Crippen LogP contribution in [0.5, 0.6) is 11.5 Å². The third-order valence-electron chi connectivity index (χ3n) is 4.25. The van der Waals surface area contributed by atoms with E-state index in [1.54, 1.807) is 69.3 Å². The number of rotatable bonds is 5. The van der Waals surface area contributed by atoms with Crippen molar-refractivity contribution in [2.24, 2.45) is 9.98 Å². The van der Waals surface area contributed by atoms with Gasteiger partial charge in [0, 0.05) is 23.6 Å². The van der Waals surface area contributed by atoms with Gasteiger partial charge in [0.1, 0.15) is 26.4 Å². The number of phenols is 2. The highest BCUT2D eigenvalue weighted by molar-refractivity contribution is 7.94. The lowest BCUT2D eigenvalue weighted by Gasteiger charge is -2.18. The number of hydrogen-bond acceptors (Lipinski definition) is 7. The van der Waals surface area contributed by atoms with Gasteiger partial charge in [-0.15, -0.1) is 11.3 Å². The zero-order valence-corrected chi connectivity index (χ0v) is 18.4. The van der Waals surface area contributed by atoms with E-state index >= 15 is 0 Å². The van der Waals surface area contributed by atoms with Gasteiger partial charge < -0.3 is 10.2 Å². The first-order valence-corrected chi connectivity index (χ1v) is 11.4. The molecule has 8 heteroatoms. The average Bonchev–Trinajstić information content (AvgIpc) is 3.10. The molecule has 0 amide bonds. The summed E-state index contributed by atoms with van der Waals surface area (Å²) in [7, 11) is -3.65. The van der Waals surface area contributed by atoms with Gasteiger partial charge in [-0.1, -0.05) is 24.3 Å². The molecular weight excluding hydrogens is 420 g/mol. The molecule has 0 saturated carbocycles. The van der Waals surface area contributed by atoms with Gasteiger partial charge in [-0.25, -0.2) is 13.4 Å². The van der Waals surface area contributed by atoms with Crippen LogP contribution in [-0.2, 0) is 9.84 Å². The summed E-state index contributed by atoms with van der Waals surface area (Å²) in [6.07, 6.45) is 2.90. The quantitative estimate of drug-likeness (QED) is 0.528. The molecule has 2 aromatic carbocycles. The lowest BCUT2D eigenvalue weighted by atomic mass is 10.2. The van der Waals surface area contributed by atoms with Crippen molar-refractivity contribution in [1.82, 2.24) is 0 Å². The molecule has 0 saturated heterocycles. The highest BCUT2D eigenvalue weighted by Crippen LogP contribution is 2.38. The fourth-order valence-electron chi connectivity index (χ4n) is 2.46. The van der Waals surface area contributed by atoms with Gasteiger partial charge in [-0.3, -0.25) is 4.99 Å². The van der Waals surface area contributed by atoms with Crippen LogP contribution in [0.1, 0.15) is 31.9 Å². The Hall–Kier alpha value is -2.97. The van der Waals surface area contributed by atoms with Crippen molar-refractivity contribution in [3.05, 3.63) is 65.7 Å². The van der Waals surface area contributed by atoms with Gasteiger partial charge in [0.2, 0.25) is 0 Å². The van der Waals surface area contributed by atoms with E-state index in [0.717, 1.165) is 11.3 Å². The van der Waals surface area contributed by atoms with E-state index in [1.165, 1.54) is 18.5 Å². The highest BCUT2D eigenvalue weighted by atomic mass is 32.2. The Morgan fingerprint density at radius 1 is 0.867 bits per heavy atom. The summed E-state index contributed by atoms with van der Waals surface area (Å²) in [6, 6.07) is 14.9. The van der Waals surface area contributed by atoms with Crippen LogP contribution in [0, 0.1) is 0 Å². The second kappa shape index (κ2) is 8.41. The van der Waals surface area contributed by atoms with Crippen LogP contribution in [0.2, 0.25) is 0 Å². The summed E-state index contributed by atoms with van der Waals surface area (Å²) in [5.41, 5.74) is 1.25. The number of aliphatic imine (C=N–C) groups is 2. The number of sulfone groups is 1. The van der Waals surface area contributed by atoms with Crippen LogP contribution in [0.15, 0.2) is 68.8 Å². The normalized spacial score (nSPS) is 12.8. The maximum atomic E-state index is 13.1. The Bertz CT molecular complexity index is 1220. The maximum Gasteiger partial charge on any atom is 0.193 e. The Labute approximate surface area is 179 Å². The topological polar surface area (TPSA) is 99.3 Å². The molecular formula is C22H22N2O4S2. The van der Waals surface area contributed by atoms with Crippen molar-refractivity contribution in [2.45, 2.75) is 29.7 Å². The van der Waals surface area contributed by atoms with Crippen molar-refractivity contribution in [3.63, 3.8) is 0 Å². The van der Waals surface area contributed by atoms with Gasteiger partial charge in [-0.2, -0.15) is 0 Å². The number of phenolic OH excluding ortho intramolecular Hbond substituents is 2. The first-order valence-electron chi connectivity index (χ1n) is 9.12. The van der Waals surface area contributed by atoms with E-state index in [2.05, 4.69) is 9.98 Å². The Balaban J connectivity index is 2.06. The molecule has 6 nitrogen and oxygen atoms in total. The van der Waals surface area contributed by atoms with E-state index in [9.17, 15) is 18.6 Å². The summed E-state index contributed by atoms with van der Waals surface area (Å²) < 4.78 is 25.3. The van der Waals surface area contributed by atoms with E-state index in [4.69, 9.17) is 0 Å². The zero-order chi connectivity index (χ0) is 21.9. The number of nitrogens with zero attached hydrogens (tertiary/aromatic N) is 2. The molecule has 1 aromatic heterocycles. The summed E-state index contributed by atoms with van der Waals surface area (Å²) in [4.78, 5) is 8.60. The molecule has 0 aliphatic rings. The summed E-state index contributed by atoms with van der Waals surface area (Å²) in [5.74, 6) is 0.0867. The van der Waals surface area contributed by atoms with Crippen molar-refractivity contribution in [2.75, 3.05) is 0 Å². The molecule has 0 atom stereocenters. The highest BCUT2D eigenvalue weighted by Gasteiger charge is 2.34. The van der Waals surface area contributed by atoms with E-state index < -0.39 is 14.6 Å². The fraction of sp³-hybridized carbons (Fsp3) is 0.182. The largest absolute Gasteiger partial charge is 0.507 e. The first-order chi connectivity index (χ1) is 14.1. The molecule has 2 N–H and O–H groups in total. The molecule has 0 bridgehead atoms. The molecule has 30 heavy (non-hydrogen) atoms. The molecule has 0 spiro atoms. The minimum atomic E-state index is -3.65. The van der Waals surface area contributed by atoms with Gasteiger partial charge in [0.25, 0.3) is 0 Å². The summed E-state index contributed by atoms with van der Waals surface area (Å²) in [5, 5.41) is 20.3. The summed E-state index contributed by atoms with van der Waals surface area (Å²) >= 11 is 1.04. The predicted molar refractivity (Wildman–Crippen MR) is 122 cm³/mol. The minimum Gasteiger partial charge on any atom is -0.507 e. The molecule has 1 heterocycles. The molecule has 3 aromatic rings. The number of hydrogen-bond donors (Lipinski definition) is 2. The van der Waals surface area contributed by atoms with Crippen molar-refractivity contribution in [3.8, 4) is 11.5 Å².